The van der Waals surface area contributed by atoms with Gasteiger partial charge < -0.3 is 15.3 Å². The molecule has 1 aromatic rings. The van der Waals surface area contributed by atoms with Crippen LogP contribution < -0.4 is 10.2 Å². The molecule has 2 rings (SSSR count). The van der Waals surface area contributed by atoms with E-state index < -0.39 is 0 Å². The average Bonchev–Trinajstić information content (AvgIpc) is 2.42. The molecule has 0 aliphatic carbocycles. The summed E-state index contributed by atoms with van der Waals surface area (Å²) in [7, 11) is 0. The van der Waals surface area contributed by atoms with Gasteiger partial charge in [0, 0.05) is 25.3 Å². The van der Waals surface area contributed by atoms with Gasteiger partial charge in [-0.2, -0.15) is 0 Å². The van der Waals surface area contributed by atoms with E-state index in [0.29, 0.717) is 11.8 Å². The maximum atomic E-state index is 9.79. The Balaban J connectivity index is 1.88. The van der Waals surface area contributed by atoms with Crippen LogP contribution in [0.15, 0.2) is 24.3 Å². The van der Waals surface area contributed by atoms with Crippen LogP contribution in [0, 0.1) is 11.8 Å². The highest BCUT2D eigenvalue weighted by molar-refractivity contribution is 5.48. The SMILES string of the molecule is CC(C)CNCc1ccc(N2CCC(O)C(C)C2)cc1. The number of aliphatic hydroxyl groups excluding tert-OH is 1. The molecule has 0 radical (unpaired) electrons. The number of rotatable bonds is 5. The molecule has 0 spiro atoms. The van der Waals surface area contributed by atoms with E-state index in [-0.39, 0.29) is 6.10 Å². The molecule has 1 heterocycles. The van der Waals surface area contributed by atoms with E-state index >= 15 is 0 Å². The van der Waals surface area contributed by atoms with Crippen LogP contribution in [0.25, 0.3) is 0 Å². The minimum Gasteiger partial charge on any atom is -0.393 e. The van der Waals surface area contributed by atoms with Gasteiger partial charge in [0.2, 0.25) is 0 Å². The van der Waals surface area contributed by atoms with Crippen LogP contribution in [0.3, 0.4) is 0 Å². The Morgan fingerprint density at radius 2 is 2.00 bits per heavy atom. The highest BCUT2D eigenvalue weighted by atomic mass is 16.3. The van der Waals surface area contributed by atoms with E-state index in [0.717, 1.165) is 32.6 Å². The molecule has 0 saturated carbocycles. The minimum absolute atomic E-state index is 0.134. The predicted octanol–water partition coefficient (Wildman–Crippen LogP) is 2.64. The molecule has 3 nitrogen and oxygen atoms in total. The van der Waals surface area contributed by atoms with Gasteiger partial charge in [0.1, 0.15) is 0 Å². The normalized spacial score (nSPS) is 23.4. The molecular weight excluding hydrogens is 248 g/mol. The Kier molecular flexibility index (Phi) is 5.44. The maximum absolute atomic E-state index is 9.79. The van der Waals surface area contributed by atoms with Gasteiger partial charge in [0.15, 0.2) is 0 Å². The number of anilines is 1. The van der Waals surface area contributed by atoms with Crippen LogP contribution in [-0.4, -0.2) is 30.8 Å². The Hall–Kier alpha value is -1.06. The first kappa shape index (κ1) is 15.3. The summed E-state index contributed by atoms with van der Waals surface area (Å²) in [5, 5.41) is 13.3. The monoisotopic (exact) mass is 276 g/mol. The fourth-order valence-corrected chi connectivity index (χ4v) is 2.70. The number of benzene rings is 1. The van der Waals surface area contributed by atoms with Gasteiger partial charge in [-0.1, -0.05) is 32.9 Å². The van der Waals surface area contributed by atoms with Crippen LogP contribution in [0.4, 0.5) is 5.69 Å². The van der Waals surface area contributed by atoms with E-state index in [1.807, 2.05) is 0 Å². The smallest absolute Gasteiger partial charge is 0.0599 e. The number of hydrogen-bond acceptors (Lipinski definition) is 3. The lowest BCUT2D eigenvalue weighted by molar-refractivity contribution is 0.0971. The van der Waals surface area contributed by atoms with Gasteiger partial charge in [0.25, 0.3) is 0 Å². The number of nitrogens with zero attached hydrogens (tertiary/aromatic N) is 1. The molecule has 1 fully saturated rings. The standard InChI is InChI=1S/C17H28N2O/c1-13(2)10-18-11-15-4-6-16(7-5-15)19-9-8-17(20)14(3)12-19/h4-7,13-14,17-18,20H,8-12H2,1-3H3. The minimum atomic E-state index is -0.134. The number of nitrogens with one attached hydrogen (secondary N) is 1. The van der Waals surface area contributed by atoms with Crippen LogP contribution >= 0.6 is 0 Å². The molecule has 3 heteroatoms. The van der Waals surface area contributed by atoms with Crippen molar-refractivity contribution in [2.24, 2.45) is 11.8 Å². The van der Waals surface area contributed by atoms with Crippen molar-refractivity contribution in [3.05, 3.63) is 29.8 Å². The Bertz CT molecular complexity index is 402. The second-order valence-corrected chi connectivity index (χ2v) is 6.47. The highest BCUT2D eigenvalue weighted by Crippen LogP contribution is 2.23. The quantitative estimate of drug-likeness (QED) is 0.868. The van der Waals surface area contributed by atoms with Gasteiger partial charge in [-0.15, -0.1) is 0 Å². The van der Waals surface area contributed by atoms with Gasteiger partial charge in [-0.3, -0.25) is 0 Å². The Labute approximate surface area is 123 Å². The molecule has 0 amide bonds. The number of aliphatic hydroxyl groups is 1. The summed E-state index contributed by atoms with van der Waals surface area (Å²) in [6.07, 6.45) is 0.740. The van der Waals surface area contributed by atoms with Crippen LogP contribution in [0.1, 0.15) is 32.8 Å². The van der Waals surface area contributed by atoms with Crippen molar-refractivity contribution >= 4 is 5.69 Å². The Morgan fingerprint density at radius 1 is 1.30 bits per heavy atom. The molecule has 2 unspecified atom stereocenters. The molecule has 2 atom stereocenters. The summed E-state index contributed by atoms with van der Waals surface area (Å²) in [5.41, 5.74) is 2.61. The van der Waals surface area contributed by atoms with E-state index in [9.17, 15) is 5.11 Å². The number of hydrogen-bond donors (Lipinski definition) is 2. The van der Waals surface area contributed by atoms with Crippen molar-refractivity contribution in [3.8, 4) is 0 Å². The lowest BCUT2D eigenvalue weighted by atomic mass is 9.96. The molecule has 1 aliphatic rings. The van der Waals surface area contributed by atoms with Crippen molar-refractivity contribution in [3.63, 3.8) is 0 Å². The third kappa shape index (κ3) is 4.22. The highest BCUT2D eigenvalue weighted by Gasteiger charge is 2.24. The van der Waals surface area contributed by atoms with Gasteiger partial charge >= 0.3 is 0 Å². The van der Waals surface area contributed by atoms with Crippen molar-refractivity contribution in [2.45, 2.75) is 39.8 Å². The number of piperidine rings is 1. The molecule has 1 saturated heterocycles. The van der Waals surface area contributed by atoms with E-state index in [1.165, 1.54) is 11.3 Å². The summed E-state index contributed by atoms with van der Waals surface area (Å²) in [6.45, 7) is 10.5. The molecule has 0 bridgehead atoms. The van der Waals surface area contributed by atoms with Crippen molar-refractivity contribution in [2.75, 3.05) is 24.5 Å². The molecule has 20 heavy (non-hydrogen) atoms. The molecule has 1 aromatic carbocycles. The zero-order valence-corrected chi connectivity index (χ0v) is 13.0. The van der Waals surface area contributed by atoms with Crippen LogP contribution in [-0.2, 0) is 6.54 Å². The fraction of sp³-hybridized carbons (Fsp3) is 0.647. The van der Waals surface area contributed by atoms with Crippen LogP contribution in [0.2, 0.25) is 0 Å². The summed E-state index contributed by atoms with van der Waals surface area (Å²) in [6, 6.07) is 8.82. The summed E-state index contributed by atoms with van der Waals surface area (Å²) in [4.78, 5) is 2.38. The summed E-state index contributed by atoms with van der Waals surface area (Å²) in [5.74, 6) is 1.05. The summed E-state index contributed by atoms with van der Waals surface area (Å²) >= 11 is 0. The molecule has 2 N–H and O–H groups in total. The van der Waals surface area contributed by atoms with Gasteiger partial charge in [-0.25, -0.2) is 0 Å². The third-order valence-electron chi connectivity index (χ3n) is 4.04. The van der Waals surface area contributed by atoms with Crippen molar-refractivity contribution < 1.29 is 5.11 Å². The fourth-order valence-electron chi connectivity index (χ4n) is 2.70. The zero-order valence-electron chi connectivity index (χ0n) is 13.0. The lowest BCUT2D eigenvalue weighted by Gasteiger charge is -2.36. The third-order valence-corrected chi connectivity index (χ3v) is 4.04. The van der Waals surface area contributed by atoms with Gasteiger partial charge in [-0.05, 0) is 42.5 Å². The van der Waals surface area contributed by atoms with Crippen molar-refractivity contribution in [1.29, 1.82) is 0 Å². The molecule has 0 aromatic heterocycles. The first-order chi connectivity index (χ1) is 9.56. The average molecular weight is 276 g/mol. The summed E-state index contributed by atoms with van der Waals surface area (Å²) < 4.78 is 0. The first-order valence-corrected chi connectivity index (χ1v) is 7.79. The van der Waals surface area contributed by atoms with E-state index in [4.69, 9.17) is 0 Å². The van der Waals surface area contributed by atoms with E-state index in [1.54, 1.807) is 0 Å². The second kappa shape index (κ2) is 7.09. The zero-order chi connectivity index (χ0) is 14.5. The van der Waals surface area contributed by atoms with Gasteiger partial charge in [0.05, 0.1) is 6.10 Å². The lowest BCUT2D eigenvalue weighted by Crippen LogP contribution is -2.41. The topological polar surface area (TPSA) is 35.5 Å². The first-order valence-electron chi connectivity index (χ1n) is 7.79. The largest absolute Gasteiger partial charge is 0.393 e. The van der Waals surface area contributed by atoms with E-state index in [2.05, 4.69) is 55.3 Å². The predicted molar refractivity (Wildman–Crippen MR) is 85.0 cm³/mol. The van der Waals surface area contributed by atoms with Crippen LogP contribution in [0.5, 0.6) is 0 Å². The van der Waals surface area contributed by atoms with Crippen molar-refractivity contribution in [1.82, 2.24) is 5.32 Å². The molecule has 112 valence electrons. The maximum Gasteiger partial charge on any atom is 0.0599 e. The Morgan fingerprint density at radius 3 is 2.60 bits per heavy atom. The molecular formula is C17H28N2O. The second-order valence-electron chi connectivity index (χ2n) is 6.47. The molecule has 1 aliphatic heterocycles.